The molecule has 0 aliphatic carbocycles. The minimum Gasteiger partial charge on any atom is -0.326 e. The van der Waals surface area contributed by atoms with Crippen LogP contribution < -0.4 is 10.6 Å². The van der Waals surface area contributed by atoms with Gasteiger partial charge in [0.05, 0.1) is 0 Å². The summed E-state index contributed by atoms with van der Waals surface area (Å²) in [5, 5.41) is 5.82. The summed E-state index contributed by atoms with van der Waals surface area (Å²) in [5.74, 6) is 0.124. The summed E-state index contributed by atoms with van der Waals surface area (Å²) >= 11 is 6.75. The molecule has 0 aromatic heterocycles. The number of benzene rings is 2. The first-order valence-electron chi connectivity index (χ1n) is 9.64. The van der Waals surface area contributed by atoms with Crippen LogP contribution in [0.15, 0.2) is 57.5 Å². The summed E-state index contributed by atoms with van der Waals surface area (Å²) in [5.41, 5.74) is 1.66. The lowest BCUT2D eigenvalue weighted by Crippen LogP contribution is -2.11. The van der Waals surface area contributed by atoms with Crippen molar-refractivity contribution in [3.05, 3.63) is 57.5 Å². The molecule has 0 atom stereocenters. The Labute approximate surface area is 183 Å². The Morgan fingerprint density at radius 1 is 0.571 bits per heavy atom. The largest absolute Gasteiger partial charge is 0.326 e. The second kappa shape index (κ2) is 12.7. The molecule has 0 spiro atoms. The summed E-state index contributed by atoms with van der Waals surface area (Å²) in [6, 6.07) is 15.2. The normalized spacial score (nSPS) is 10.5. The SMILES string of the molecule is O=C(CCCCCCCCC(=O)Nc1ccc(Br)cc1)Nc1ccc(Br)cc1. The average Bonchev–Trinajstić information content (AvgIpc) is 2.67. The molecule has 6 heteroatoms. The summed E-state index contributed by atoms with van der Waals surface area (Å²) in [6.07, 6.45) is 7.16. The minimum absolute atomic E-state index is 0.0620. The topological polar surface area (TPSA) is 58.2 Å². The first-order chi connectivity index (χ1) is 13.5. The number of hydrogen-bond donors (Lipinski definition) is 2. The third kappa shape index (κ3) is 9.51. The first-order valence-corrected chi connectivity index (χ1v) is 11.2. The Kier molecular flexibility index (Phi) is 10.3. The van der Waals surface area contributed by atoms with Gasteiger partial charge in [-0.3, -0.25) is 9.59 Å². The molecule has 0 saturated carbocycles. The monoisotopic (exact) mass is 508 g/mol. The minimum atomic E-state index is 0.0620. The molecule has 0 aliphatic heterocycles. The van der Waals surface area contributed by atoms with Crippen molar-refractivity contribution in [2.75, 3.05) is 10.6 Å². The lowest BCUT2D eigenvalue weighted by atomic mass is 10.1. The zero-order chi connectivity index (χ0) is 20.2. The van der Waals surface area contributed by atoms with E-state index >= 15 is 0 Å². The number of anilines is 2. The Morgan fingerprint density at radius 2 is 0.893 bits per heavy atom. The fourth-order valence-electron chi connectivity index (χ4n) is 2.79. The number of carbonyl (C=O) groups is 2. The van der Waals surface area contributed by atoms with Crippen molar-refractivity contribution >= 4 is 55.0 Å². The summed E-state index contributed by atoms with van der Waals surface area (Å²) < 4.78 is 1.99. The molecule has 150 valence electrons. The maximum atomic E-state index is 11.9. The van der Waals surface area contributed by atoms with Gasteiger partial charge in [0.15, 0.2) is 0 Å². The van der Waals surface area contributed by atoms with Crippen LogP contribution in [0, 0.1) is 0 Å². The van der Waals surface area contributed by atoms with E-state index in [-0.39, 0.29) is 11.8 Å². The summed E-state index contributed by atoms with van der Waals surface area (Å²) in [4.78, 5) is 23.8. The molecule has 2 N–H and O–H groups in total. The standard InChI is InChI=1S/C22H26Br2N2O2/c23-17-9-13-19(14-10-17)25-21(27)7-5-3-1-2-4-6-8-22(28)26-20-15-11-18(24)12-16-20/h9-16H,1-8H2,(H,25,27)(H,26,28). The highest BCUT2D eigenvalue weighted by atomic mass is 79.9. The van der Waals surface area contributed by atoms with E-state index in [1.165, 1.54) is 0 Å². The van der Waals surface area contributed by atoms with Crippen molar-refractivity contribution in [3.63, 3.8) is 0 Å². The molecule has 2 aromatic carbocycles. The number of amides is 2. The molecule has 2 aromatic rings. The van der Waals surface area contributed by atoms with Gasteiger partial charge in [-0.2, -0.15) is 0 Å². The molecule has 0 heterocycles. The summed E-state index contributed by atoms with van der Waals surface area (Å²) in [6.45, 7) is 0. The number of carbonyl (C=O) groups excluding carboxylic acids is 2. The van der Waals surface area contributed by atoms with Crippen molar-refractivity contribution in [1.82, 2.24) is 0 Å². The maximum absolute atomic E-state index is 11.9. The molecule has 0 radical (unpaired) electrons. The van der Waals surface area contributed by atoms with Crippen molar-refractivity contribution in [2.24, 2.45) is 0 Å². The van der Waals surface area contributed by atoms with Crippen LogP contribution in [0.2, 0.25) is 0 Å². The Balaban J connectivity index is 1.45. The fourth-order valence-corrected chi connectivity index (χ4v) is 3.32. The number of rotatable bonds is 11. The molecule has 0 unspecified atom stereocenters. The highest BCUT2D eigenvalue weighted by molar-refractivity contribution is 9.10. The number of nitrogens with one attached hydrogen (secondary N) is 2. The lowest BCUT2D eigenvalue weighted by molar-refractivity contribution is -0.117. The average molecular weight is 510 g/mol. The highest BCUT2D eigenvalue weighted by Crippen LogP contribution is 2.16. The predicted octanol–water partition coefficient (Wildman–Crippen LogP) is 6.91. The number of halogens is 2. The molecule has 0 saturated heterocycles. The molecule has 4 nitrogen and oxygen atoms in total. The van der Waals surface area contributed by atoms with Crippen molar-refractivity contribution < 1.29 is 9.59 Å². The van der Waals surface area contributed by atoms with E-state index in [0.717, 1.165) is 58.8 Å². The van der Waals surface area contributed by atoms with Crippen LogP contribution in [0.1, 0.15) is 51.4 Å². The van der Waals surface area contributed by atoms with Gasteiger partial charge in [-0.25, -0.2) is 0 Å². The number of hydrogen-bond acceptors (Lipinski definition) is 2. The van der Waals surface area contributed by atoms with E-state index < -0.39 is 0 Å². The summed E-state index contributed by atoms with van der Waals surface area (Å²) in [7, 11) is 0. The Bertz CT molecular complexity index is 681. The first kappa shape index (κ1) is 22.6. The van der Waals surface area contributed by atoms with E-state index in [0.29, 0.717) is 12.8 Å². The van der Waals surface area contributed by atoms with Crippen molar-refractivity contribution in [2.45, 2.75) is 51.4 Å². The van der Waals surface area contributed by atoms with Gasteiger partial charge in [0, 0.05) is 33.2 Å². The predicted molar refractivity (Wildman–Crippen MR) is 122 cm³/mol. The van der Waals surface area contributed by atoms with E-state index in [9.17, 15) is 9.59 Å². The van der Waals surface area contributed by atoms with Crippen LogP contribution in [-0.4, -0.2) is 11.8 Å². The fraction of sp³-hybridized carbons (Fsp3) is 0.364. The zero-order valence-corrected chi connectivity index (χ0v) is 19.0. The third-order valence-electron chi connectivity index (χ3n) is 4.31. The smallest absolute Gasteiger partial charge is 0.224 e. The van der Waals surface area contributed by atoms with Gasteiger partial charge in [0.2, 0.25) is 11.8 Å². The van der Waals surface area contributed by atoms with Gasteiger partial charge in [0.25, 0.3) is 0 Å². The molecule has 0 aliphatic rings. The quantitative estimate of drug-likeness (QED) is 0.323. The Morgan fingerprint density at radius 3 is 1.25 bits per heavy atom. The van der Waals surface area contributed by atoms with Crippen LogP contribution >= 0.6 is 31.9 Å². The molecular weight excluding hydrogens is 484 g/mol. The van der Waals surface area contributed by atoms with E-state index in [2.05, 4.69) is 42.5 Å². The van der Waals surface area contributed by atoms with Gasteiger partial charge in [-0.15, -0.1) is 0 Å². The van der Waals surface area contributed by atoms with Crippen LogP contribution in [0.4, 0.5) is 11.4 Å². The van der Waals surface area contributed by atoms with E-state index in [1.807, 2.05) is 48.5 Å². The van der Waals surface area contributed by atoms with Crippen molar-refractivity contribution in [3.8, 4) is 0 Å². The van der Waals surface area contributed by atoms with Gasteiger partial charge in [-0.1, -0.05) is 57.5 Å². The lowest BCUT2D eigenvalue weighted by Gasteiger charge is -2.06. The zero-order valence-electron chi connectivity index (χ0n) is 15.8. The second-order valence-electron chi connectivity index (χ2n) is 6.73. The molecule has 0 fully saturated rings. The molecular formula is C22H26Br2N2O2. The van der Waals surface area contributed by atoms with E-state index in [4.69, 9.17) is 0 Å². The van der Waals surface area contributed by atoms with Crippen LogP contribution in [0.25, 0.3) is 0 Å². The van der Waals surface area contributed by atoms with Gasteiger partial charge in [0.1, 0.15) is 0 Å². The van der Waals surface area contributed by atoms with Gasteiger partial charge < -0.3 is 10.6 Å². The third-order valence-corrected chi connectivity index (χ3v) is 5.37. The van der Waals surface area contributed by atoms with Crippen LogP contribution in [0.5, 0.6) is 0 Å². The molecule has 2 amide bonds. The molecule has 2 rings (SSSR count). The van der Waals surface area contributed by atoms with Crippen LogP contribution in [0.3, 0.4) is 0 Å². The second-order valence-corrected chi connectivity index (χ2v) is 8.56. The Hall–Kier alpha value is -1.66. The van der Waals surface area contributed by atoms with Gasteiger partial charge in [-0.05, 0) is 61.4 Å². The maximum Gasteiger partial charge on any atom is 0.224 e. The highest BCUT2D eigenvalue weighted by Gasteiger charge is 2.04. The van der Waals surface area contributed by atoms with Crippen molar-refractivity contribution in [1.29, 1.82) is 0 Å². The van der Waals surface area contributed by atoms with Gasteiger partial charge >= 0.3 is 0 Å². The molecule has 28 heavy (non-hydrogen) atoms. The van der Waals surface area contributed by atoms with E-state index in [1.54, 1.807) is 0 Å². The number of unbranched alkanes of at least 4 members (excludes halogenated alkanes) is 5. The van der Waals surface area contributed by atoms with Crippen LogP contribution in [-0.2, 0) is 9.59 Å². The molecule has 0 bridgehead atoms.